The number of carbonyl (C=O) groups is 1. The van der Waals surface area contributed by atoms with Crippen molar-refractivity contribution in [3.05, 3.63) is 105 Å². The first-order chi connectivity index (χ1) is 25.1. The van der Waals surface area contributed by atoms with Crippen LogP contribution in [0.2, 0.25) is 10.0 Å². The number of hydrogen-bond acceptors (Lipinski definition) is 10. The summed E-state index contributed by atoms with van der Waals surface area (Å²) in [6.07, 6.45) is 5.39. The molecule has 0 saturated carbocycles. The predicted molar refractivity (Wildman–Crippen MR) is 196 cm³/mol. The molecule has 4 aromatic rings. The fourth-order valence-electron chi connectivity index (χ4n) is 6.05. The van der Waals surface area contributed by atoms with Gasteiger partial charge in [-0.15, -0.1) is 0 Å². The van der Waals surface area contributed by atoms with E-state index in [0.717, 1.165) is 29.5 Å². The van der Waals surface area contributed by atoms with E-state index in [1.165, 1.54) is 6.20 Å². The first kappa shape index (κ1) is 38.8. The molecule has 1 unspecified atom stereocenters. The van der Waals surface area contributed by atoms with Crippen LogP contribution >= 0.6 is 23.2 Å². The third kappa shape index (κ3) is 9.14. The molecular weight excluding hydrogens is 709 g/mol. The molecule has 1 aliphatic rings. The van der Waals surface area contributed by atoms with Gasteiger partial charge in [-0.1, -0.05) is 60.0 Å². The van der Waals surface area contributed by atoms with Gasteiger partial charge in [0, 0.05) is 41.7 Å². The molecule has 1 aliphatic heterocycles. The van der Waals surface area contributed by atoms with E-state index in [-0.39, 0.29) is 19.8 Å². The number of nitriles is 1. The number of aliphatic hydroxyl groups excluding tert-OH is 3. The Kier molecular flexibility index (Phi) is 13.3. The topological polar surface area (TPSA) is 166 Å². The van der Waals surface area contributed by atoms with Crippen LogP contribution < -0.4 is 14.2 Å². The Hall–Kier alpha value is -4.41. The molecule has 1 fully saturated rings. The van der Waals surface area contributed by atoms with Gasteiger partial charge in [0.2, 0.25) is 0 Å². The molecule has 0 bridgehead atoms. The van der Waals surface area contributed by atoms with Crippen molar-refractivity contribution in [2.75, 3.05) is 33.0 Å². The minimum atomic E-state index is -1.22. The molecular formula is C39H41Cl2N3O8. The molecule has 0 aliphatic carbocycles. The molecule has 11 nitrogen and oxygen atoms in total. The van der Waals surface area contributed by atoms with Gasteiger partial charge >= 0.3 is 5.97 Å². The monoisotopic (exact) mass is 749 g/mol. The van der Waals surface area contributed by atoms with Crippen molar-refractivity contribution in [3.8, 4) is 34.4 Å². The van der Waals surface area contributed by atoms with Gasteiger partial charge in [0.05, 0.1) is 40.8 Å². The summed E-state index contributed by atoms with van der Waals surface area (Å²) in [5.41, 5.74) is 3.89. The number of halogens is 2. The second kappa shape index (κ2) is 17.9. The largest absolute Gasteiger partial charge is 0.491 e. The quantitative estimate of drug-likeness (QED) is 0.103. The van der Waals surface area contributed by atoms with Crippen LogP contribution in [0.15, 0.2) is 67.0 Å². The molecule has 2 heterocycles. The van der Waals surface area contributed by atoms with E-state index in [9.17, 15) is 30.5 Å². The summed E-state index contributed by atoms with van der Waals surface area (Å²) in [7, 11) is 0. The van der Waals surface area contributed by atoms with Crippen molar-refractivity contribution in [1.82, 2.24) is 9.88 Å². The summed E-state index contributed by atoms with van der Waals surface area (Å²) in [4.78, 5) is 18.1. The minimum absolute atomic E-state index is 0.116. The summed E-state index contributed by atoms with van der Waals surface area (Å²) in [6, 6.07) is 17.7. The van der Waals surface area contributed by atoms with Gasteiger partial charge in [-0.05, 0) is 61.2 Å². The van der Waals surface area contributed by atoms with E-state index in [1.54, 1.807) is 36.5 Å². The second-order valence-electron chi connectivity index (χ2n) is 13.0. The van der Waals surface area contributed by atoms with Gasteiger partial charge in [-0.2, -0.15) is 5.26 Å². The van der Waals surface area contributed by atoms with Crippen molar-refractivity contribution in [2.24, 2.45) is 5.41 Å². The van der Waals surface area contributed by atoms with Gasteiger partial charge in [0.25, 0.3) is 0 Å². The van der Waals surface area contributed by atoms with Crippen molar-refractivity contribution in [3.63, 3.8) is 0 Å². The van der Waals surface area contributed by atoms with E-state index >= 15 is 0 Å². The number of aliphatic carboxylic acids is 1. The van der Waals surface area contributed by atoms with Crippen LogP contribution in [0.3, 0.4) is 0 Å². The lowest BCUT2D eigenvalue weighted by molar-refractivity contribution is -0.144. The smallest absolute Gasteiger partial charge is 0.320 e. The molecule has 3 aromatic carbocycles. The molecule has 4 N–H and O–H groups in total. The van der Waals surface area contributed by atoms with Crippen LogP contribution in [0.25, 0.3) is 11.1 Å². The Balaban J connectivity index is 1.39. The Labute approximate surface area is 312 Å². The van der Waals surface area contributed by atoms with Crippen molar-refractivity contribution in [2.45, 2.75) is 52.0 Å². The lowest BCUT2D eigenvalue weighted by atomic mass is 9.92. The Bertz CT molecular complexity index is 1910. The van der Waals surface area contributed by atoms with Crippen molar-refractivity contribution in [1.29, 1.82) is 5.26 Å². The Morgan fingerprint density at radius 1 is 0.923 bits per heavy atom. The van der Waals surface area contributed by atoms with E-state index in [2.05, 4.69) is 11.1 Å². The molecule has 1 saturated heterocycles. The number of hydrogen-bond donors (Lipinski definition) is 4. The molecule has 13 heteroatoms. The zero-order valence-electron chi connectivity index (χ0n) is 28.7. The van der Waals surface area contributed by atoms with Crippen molar-refractivity contribution >= 4 is 29.2 Å². The Morgan fingerprint density at radius 2 is 1.65 bits per heavy atom. The highest BCUT2D eigenvalue weighted by Crippen LogP contribution is 2.39. The maximum Gasteiger partial charge on any atom is 0.320 e. The van der Waals surface area contributed by atoms with Gasteiger partial charge in [0.15, 0.2) is 0 Å². The number of likely N-dealkylation sites (tertiary alicyclic amines) is 1. The van der Waals surface area contributed by atoms with E-state index in [4.69, 9.17) is 37.4 Å². The van der Waals surface area contributed by atoms with Gasteiger partial charge in [-0.25, -0.2) is 0 Å². The van der Waals surface area contributed by atoms with Crippen LogP contribution in [0.4, 0.5) is 0 Å². The number of benzene rings is 3. The van der Waals surface area contributed by atoms with Crippen LogP contribution in [-0.2, 0) is 24.6 Å². The van der Waals surface area contributed by atoms with E-state index < -0.39 is 37.2 Å². The molecule has 0 amide bonds. The zero-order chi connectivity index (χ0) is 37.3. The number of ether oxygens (including phenoxy) is 3. The Morgan fingerprint density at radius 3 is 2.38 bits per heavy atom. The maximum absolute atomic E-state index is 12.0. The standard InChI is InChI=1S/C39H41Cl2N3O8/c1-25-28(6-4-7-30(25)31-8-5-10-34(37(31)41)52-24-39(21-45,22-46)23-47)20-51-36-14-35(50-19-27-12-26(15-42)16-43-17-27)29(13-32(36)40)18-44-11-3-2-9-33(44)38(48)49/h4-8,10,12-14,16-17,33,45-47H,2-3,9,11,18-24H2,1H3,(H,48,49). The molecule has 274 valence electrons. The molecule has 1 atom stereocenters. The third-order valence-electron chi connectivity index (χ3n) is 9.33. The lowest BCUT2D eigenvalue weighted by Crippen LogP contribution is -2.44. The summed E-state index contributed by atoms with van der Waals surface area (Å²) in [5, 5.41) is 48.9. The number of carboxylic acids is 1. The predicted octanol–water partition coefficient (Wildman–Crippen LogP) is 6.17. The summed E-state index contributed by atoms with van der Waals surface area (Å²) in [5.74, 6) is 0.320. The number of rotatable bonds is 16. The highest BCUT2D eigenvalue weighted by molar-refractivity contribution is 6.35. The van der Waals surface area contributed by atoms with Crippen LogP contribution in [0, 0.1) is 23.7 Å². The minimum Gasteiger partial charge on any atom is -0.491 e. The number of aromatic nitrogens is 1. The number of pyridine rings is 1. The number of nitrogens with zero attached hydrogens (tertiary/aromatic N) is 3. The van der Waals surface area contributed by atoms with E-state index in [0.29, 0.717) is 69.1 Å². The summed E-state index contributed by atoms with van der Waals surface area (Å²) < 4.78 is 18.4. The summed E-state index contributed by atoms with van der Waals surface area (Å²) >= 11 is 13.6. The first-order valence-corrected chi connectivity index (χ1v) is 17.6. The molecule has 1 aromatic heterocycles. The van der Waals surface area contributed by atoms with Gasteiger partial charge in [-0.3, -0.25) is 14.7 Å². The average molecular weight is 751 g/mol. The maximum atomic E-state index is 12.0. The zero-order valence-corrected chi connectivity index (χ0v) is 30.2. The van der Waals surface area contributed by atoms with Gasteiger partial charge < -0.3 is 34.6 Å². The normalized spacial score (nSPS) is 14.8. The molecule has 5 rings (SSSR count). The lowest BCUT2D eigenvalue weighted by Gasteiger charge is -2.33. The average Bonchev–Trinajstić information content (AvgIpc) is 3.16. The van der Waals surface area contributed by atoms with E-state index in [1.807, 2.05) is 36.1 Å². The SMILES string of the molecule is Cc1c(COc2cc(OCc3cncc(C#N)c3)c(CN3CCCCC3C(=O)O)cc2Cl)cccc1-c1cccc(OCC(CO)(CO)CO)c1Cl. The van der Waals surface area contributed by atoms with Crippen LogP contribution in [0.5, 0.6) is 17.2 Å². The highest BCUT2D eigenvalue weighted by atomic mass is 35.5. The third-order valence-corrected chi connectivity index (χ3v) is 10.0. The number of piperidine rings is 1. The molecule has 0 radical (unpaired) electrons. The van der Waals surface area contributed by atoms with Gasteiger partial charge in [0.1, 0.15) is 49.2 Å². The highest BCUT2D eigenvalue weighted by Gasteiger charge is 2.31. The molecule has 52 heavy (non-hydrogen) atoms. The fraction of sp³-hybridized carbons (Fsp3) is 0.359. The first-order valence-electron chi connectivity index (χ1n) is 16.8. The van der Waals surface area contributed by atoms with Crippen LogP contribution in [0.1, 0.15) is 47.1 Å². The number of aliphatic hydroxyl groups is 3. The van der Waals surface area contributed by atoms with Crippen LogP contribution in [-0.4, -0.2) is 75.3 Å². The molecule has 0 spiro atoms. The fourth-order valence-corrected chi connectivity index (χ4v) is 6.57. The summed E-state index contributed by atoms with van der Waals surface area (Å²) in [6.45, 7) is 1.64. The number of carboxylic acid groups (broad SMARTS) is 1. The second-order valence-corrected chi connectivity index (χ2v) is 13.7. The van der Waals surface area contributed by atoms with Crippen molar-refractivity contribution < 1.29 is 39.4 Å².